The lowest BCUT2D eigenvalue weighted by molar-refractivity contribution is -0.128. The molecule has 0 aliphatic carbocycles. The molecule has 1 aromatic heterocycles. The van der Waals surface area contributed by atoms with Gasteiger partial charge in [0.15, 0.2) is 11.6 Å². The Morgan fingerprint density at radius 3 is 2.68 bits per heavy atom. The number of fused-ring (bicyclic) bond motifs is 2. The number of methoxy groups -OCH3 is 1. The molecule has 0 spiro atoms. The van der Waals surface area contributed by atoms with Crippen LogP contribution in [0.15, 0.2) is 30.9 Å². The first-order chi connectivity index (χ1) is 18.1. The Balaban J connectivity index is 1.71. The summed E-state index contributed by atoms with van der Waals surface area (Å²) in [6, 6.07) is 3.56. The first-order valence-corrected chi connectivity index (χ1v) is 12.4. The van der Waals surface area contributed by atoms with Crippen LogP contribution in [0, 0.1) is 11.6 Å². The molecule has 4 heterocycles. The van der Waals surface area contributed by atoms with Gasteiger partial charge >= 0.3 is 0 Å². The third-order valence-electron chi connectivity index (χ3n) is 7.49. The molecule has 2 atom stereocenters. The van der Waals surface area contributed by atoms with Crippen molar-refractivity contribution in [3.63, 3.8) is 0 Å². The molecule has 5 rings (SSSR count). The summed E-state index contributed by atoms with van der Waals surface area (Å²) >= 11 is 0. The van der Waals surface area contributed by atoms with Crippen molar-refractivity contribution in [1.82, 2.24) is 14.8 Å². The van der Waals surface area contributed by atoms with E-state index in [9.17, 15) is 14.7 Å². The molecule has 3 aliphatic rings. The van der Waals surface area contributed by atoms with Crippen LogP contribution in [0.3, 0.4) is 0 Å². The second kappa shape index (κ2) is 9.54. The fraction of sp³-hybridized carbons (Fsp3) is 0.444. The van der Waals surface area contributed by atoms with E-state index in [-0.39, 0.29) is 72.8 Å². The average molecular weight is 529 g/mol. The fourth-order valence-electron chi connectivity index (χ4n) is 5.62. The second-order valence-corrected chi connectivity index (χ2v) is 10.4. The minimum Gasteiger partial charge on any atom is -0.496 e. The lowest BCUT2D eigenvalue weighted by Gasteiger charge is -2.40. The molecular formula is C27H30F2N4O5. The van der Waals surface area contributed by atoms with E-state index < -0.39 is 35.2 Å². The lowest BCUT2D eigenvalue weighted by atomic mass is 9.99. The van der Waals surface area contributed by atoms with Gasteiger partial charge in [-0.2, -0.15) is 0 Å². The van der Waals surface area contributed by atoms with Crippen LogP contribution in [-0.2, 0) is 4.79 Å². The highest BCUT2D eigenvalue weighted by Gasteiger charge is 2.45. The number of nitrogens with zero attached hydrogens (tertiary/aromatic N) is 4. The number of pyridine rings is 1. The van der Waals surface area contributed by atoms with Crippen LogP contribution >= 0.6 is 0 Å². The molecule has 0 unspecified atom stereocenters. The van der Waals surface area contributed by atoms with Gasteiger partial charge in [-0.3, -0.25) is 9.59 Å². The van der Waals surface area contributed by atoms with Crippen LogP contribution in [0.2, 0.25) is 0 Å². The summed E-state index contributed by atoms with van der Waals surface area (Å²) in [5.74, 6) is -2.69. The number of carbonyl (C=O) groups is 2. The zero-order valence-electron chi connectivity index (χ0n) is 21.5. The number of hydrogen-bond acceptors (Lipinski definition) is 7. The average Bonchev–Trinajstić information content (AvgIpc) is 3.08. The van der Waals surface area contributed by atoms with E-state index in [1.165, 1.54) is 31.4 Å². The molecule has 202 valence electrons. The summed E-state index contributed by atoms with van der Waals surface area (Å²) in [5, 5.41) is 10.5. The zero-order chi connectivity index (χ0) is 27.4. The molecular weight excluding hydrogens is 498 g/mol. The number of aromatic nitrogens is 1. The van der Waals surface area contributed by atoms with Gasteiger partial charge in [0.05, 0.1) is 24.8 Å². The van der Waals surface area contributed by atoms with E-state index in [4.69, 9.17) is 9.47 Å². The number of carbonyl (C=O) groups excluding carboxylic acids is 2. The number of benzene rings is 1. The van der Waals surface area contributed by atoms with Crippen molar-refractivity contribution in [2.45, 2.75) is 38.0 Å². The SMILES string of the molecule is C=CC(=O)N1CCN2C(=O)c3c(N4C[C@@H](O)CC4(C)C)nc(-c4c(F)cccc4OC)c(F)c3OC[C@H]2C1. The molecule has 0 bridgehead atoms. The molecule has 1 aromatic carbocycles. The van der Waals surface area contributed by atoms with Crippen LogP contribution in [0.4, 0.5) is 14.6 Å². The summed E-state index contributed by atoms with van der Waals surface area (Å²) in [6.45, 7) is 8.04. The number of ether oxygens (including phenoxy) is 2. The van der Waals surface area contributed by atoms with Crippen molar-refractivity contribution in [3.05, 3.63) is 48.1 Å². The highest BCUT2D eigenvalue weighted by atomic mass is 19.1. The van der Waals surface area contributed by atoms with Crippen LogP contribution in [-0.4, -0.2) is 89.3 Å². The summed E-state index contributed by atoms with van der Waals surface area (Å²) in [5.41, 5.74) is -1.29. The van der Waals surface area contributed by atoms with Crippen LogP contribution in [0.1, 0.15) is 30.6 Å². The first-order valence-electron chi connectivity index (χ1n) is 12.4. The van der Waals surface area contributed by atoms with Crippen LogP contribution < -0.4 is 14.4 Å². The number of hydrogen-bond donors (Lipinski definition) is 1. The molecule has 38 heavy (non-hydrogen) atoms. The fourth-order valence-corrected chi connectivity index (χ4v) is 5.62. The van der Waals surface area contributed by atoms with E-state index in [1.54, 1.807) is 14.7 Å². The predicted molar refractivity (Wildman–Crippen MR) is 135 cm³/mol. The maximum atomic E-state index is 16.2. The Morgan fingerprint density at radius 1 is 1.26 bits per heavy atom. The van der Waals surface area contributed by atoms with Gasteiger partial charge in [-0.1, -0.05) is 12.6 Å². The Morgan fingerprint density at radius 2 is 2.03 bits per heavy atom. The number of aliphatic hydroxyl groups is 1. The Bertz CT molecular complexity index is 1320. The molecule has 2 fully saturated rings. The molecule has 0 radical (unpaired) electrons. The van der Waals surface area contributed by atoms with Crippen molar-refractivity contribution in [2.24, 2.45) is 0 Å². The van der Waals surface area contributed by atoms with Crippen molar-refractivity contribution in [2.75, 3.05) is 44.8 Å². The molecule has 0 saturated carbocycles. The maximum Gasteiger partial charge on any atom is 0.262 e. The molecule has 2 amide bonds. The van der Waals surface area contributed by atoms with Gasteiger partial charge in [0.2, 0.25) is 5.91 Å². The van der Waals surface area contributed by atoms with Crippen molar-refractivity contribution in [3.8, 4) is 22.8 Å². The van der Waals surface area contributed by atoms with E-state index in [0.29, 0.717) is 6.42 Å². The molecule has 1 N–H and O–H groups in total. The van der Waals surface area contributed by atoms with E-state index in [0.717, 1.165) is 0 Å². The van der Waals surface area contributed by atoms with E-state index in [2.05, 4.69) is 11.6 Å². The summed E-state index contributed by atoms with van der Waals surface area (Å²) in [4.78, 5) is 35.6. The molecule has 2 aromatic rings. The number of anilines is 1. The van der Waals surface area contributed by atoms with Gasteiger partial charge in [0, 0.05) is 31.7 Å². The standard InChI is InChI=1S/C27H30F2N4O5/c1-5-19(35)31-9-10-32-15(12-31)14-38-24-21(26(32)36)25(33-13-16(34)11-27(33,2)3)30-23(22(24)29)20-17(28)7-6-8-18(20)37-4/h5-8,15-16,34H,1,9-14H2,2-4H3/t15-,16+/m1/s1. The van der Waals surface area contributed by atoms with E-state index in [1.807, 2.05) is 13.8 Å². The normalized spacial score (nSPS) is 22.4. The summed E-state index contributed by atoms with van der Waals surface area (Å²) < 4.78 is 42.6. The number of β-amino-alcohol motifs (C(OH)–C–C–N with tert-alkyl or cyclic N) is 1. The van der Waals surface area contributed by atoms with Gasteiger partial charge in [0.1, 0.15) is 35.2 Å². The number of amides is 2. The van der Waals surface area contributed by atoms with E-state index >= 15 is 8.78 Å². The van der Waals surface area contributed by atoms with Gasteiger partial charge < -0.3 is 29.3 Å². The quantitative estimate of drug-likeness (QED) is 0.610. The Labute approximate surface area is 219 Å². The predicted octanol–water partition coefficient (Wildman–Crippen LogP) is 2.62. The van der Waals surface area contributed by atoms with Gasteiger partial charge in [-0.15, -0.1) is 0 Å². The lowest BCUT2D eigenvalue weighted by Crippen LogP contribution is -2.57. The van der Waals surface area contributed by atoms with Crippen LogP contribution in [0.5, 0.6) is 11.5 Å². The number of aliphatic hydroxyl groups excluding tert-OH is 1. The first kappa shape index (κ1) is 25.9. The topological polar surface area (TPSA) is 95.4 Å². The Kier molecular flexibility index (Phi) is 6.50. The smallest absolute Gasteiger partial charge is 0.262 e. The zero-order valence-corrected chi connectivity index (χ0v) is 21.5. The summed E-state index contributed by atoms with van der Waals surface area (Å²) in [6.07, 6.45) is 0.890. The number of rotatable bonds is 4. The Hall–Kier alpha value is -3.73. The number of piperazine rings is 1. The molecule has 3 aliphatic heterocycles. The number of halogens is 2. The minimum absolute atomic E-state index is 0.0685. The van der Waals surface area contributed by atoms with Gasteiger partial charge in [-0.05, 0) is 38.5 Å². The van der Waals surface area contributed by atoms with Gasteiger partial charge in [0.25, 0.3) is 5.91 Å². The van der Waals surface area contributed by atoms with Crippen molar-refractivity contribution in [1.29, 1.82) is 0 Å². The van der Waals surface area contributed by atoms with Gasteiger partial charge in [-0.25, -0.2) is 13.8 Å². The minimum atomic E-state index is -0.989. The molecule has 9 nitrogen and oxygen atoms in total. The second-order valence-electron chi connectivity index (χ2n) is 10.4. The molecule has 11 heteroatoms. The third-order valence-corrected chi connectivity index (χ3v) is 7.49. The monoisotopic (exact) mass is 528 g/mol. The largest absolute Gasteiger partial charge is 0.496 e. The third kappa shape index (κ3) is 4.14. The van der Waals surface area contributed by atoms with Crippen molar-refractivity contribution < 1.29 is 33.0 Å². The summed E-state index contributed by atoms with van der Waals surface area (Å²) in [7, 11) is 1.34. The highest BCUT2D eigenvalue weighted by Crippen LogP contribution is 2.45. The maximum absolute atomic E-state index is 16.2. The van der Waals surface area contributed by atoms with Crippen LogP contribution in [0.25, 0.3) is 11.3 Å². The molecule has 2 saturated heterocycles. The highest BCUT2D eigenvalue weighted by molar-refractivity contribution is 6.03. The van der Waals surface area contributed by atoms with Crippen molar-refractivity contribution >= 4 is 17.6 Å².